The minimum atomic E-state index is -0.425. The summed E-state index contributed by atoms with van der Waals surface area (Å²) in [6.45, 7) is 4.99. The zero-order valence-electron chi connectivity index (χ0n) is 13.3. The third-order valence-corrected chi connectivity index (χ3v) is 4.20. The molecule has 3 rings (SSSR count). The first-order chi connectivity index (χ1) is 11.1. The number of anilines is 2. The molecule has 0 bridgehead atoms. The van der Waals surface area contributed by atoms with Gasteiger partial charge in [-0.2, -0.15) is 0 Å². The van der Waals surface area contributed by atoms with Crippen molar-refractivity contribution in [2.24, 2.45) is 0 Å². The normalized spacial score (nSPS) is 18.9. The summed E-state index contributed by atoms with van der Waals surface area (Å²) in [5.41, 5.74) is 1.90. The molecule has 0 atom stereocenters. The van der Waals surface area contributed by atoms with Crippen LogP contribution in [0.3, 0.4) is 0 Å². The summed E-state index contributed by atoms with van der Waals surface area (Å²) in [6, 6.07) is 7.83. The van der Waals surface area contributed by atoms with Gasteiger partial charge < -0.3 is 19.9 Å². The van der Waals surface area contributed by atoms with E-state index in [1.54, 1.807) is 0 Å². The molecule has 2 aliphatic rings. The highest BCUT2D eigenvalue weighted by atomic mass is 16.6. The van der Waals surface area contributed by atoms with Crippen LogP contribution in [0.4, 0.5) is 16.2 Å². The molecule has 7 heteroatoms. The minimum Gasteiger partial charge on any atom is -0.448 e. The third kappa shape index (κ3) is 3.92. The number of nitrogens with zero attached hydrogens (tertiary/aromatic N) is 3. The lowest BCUT2D eigenvalue weighted by molar-refractivity contribution is -0.116. The Hall–Kier alpha value is -2.28. The average molecular weight is 318 g/mol. The summed E-state index contributed by atoms with van der Waals surface area (Å²) in [5, 5.41) is 2.81. The van der Waals surface area contributed by atoms with Crippen LogP contribution in [0.15, 0.2) is 24.3 Å². The third-order valence-electron chi connectivity index (χ3n) is 4.20. The predicted octanol–water partition coefficient (Wildman–Crippen LogP) is 0.829. The molecule has 1 N–H and O–H groups in total. The number of carbonyl (C=O) groups excluding carboxylic acids is 2. The first kappa shape index (κ1) is 15.6. The van der Waals surface area contributed by atoms with Crippen LogP contribution in [0, 0.1) is 0 Å². The zero-order valence-corrected chi connectivity index (χ0v) is 13.3. The van der Waals surface area contributed by atoms with Crippen molar-refractivity contribution in [1.29, 1.82) is 0 Å². The lowest BCUT2D eigenvalue weighted by Crippen LogP contribution is -2.44. The molecule has 0 saturated carbocycles. The summed E-state index contributed by atoms with van der Waals surface area (Å²) in [4.78, 5) is 29.3. The summed E-state index contributed by atoms with van der Waals surface area (Å²) in [5.74, 6) is -0.212. The number of hydrogen-bond acceptors (Lipinski definition) is 5. The van der Waals surface area contributed by atoms with Gasteiger partial charge in [-0.15, -0.1) is 0 Å². The van der Waals surface area contributed by atoms with Crippen molar-refractivity contribution < 1.29 is 14.3 Å². The van der Waals surface area contributed by atoms with Gasteiger partial charge in [-0.25, -0.2) is 4.79 Å². The van der Waals surface area contributed by atoms with Crippen molar-refractivity contribution >= 4 is 23.4 Å². The van der Waals surface area contributed by atoms with E-state index in [9.17, 15) is 9.59 Å². The number of piperazine rings is 1. The lowest BCUT2D eigenvalue weighted by atomic mass is 10.2. The molecule has 0 spiro atoms. The van der Waals surface area contributed by atoms with Gasteiger partial charge in [-0.1, -0.05) is 0 Å². The molecule has 0 aliphatic carbocycles. The highest BCUT2D eigenvalue weighted by Gasteiger charge is 2.24. The number of benzene rings is 1. The standard InChI is InChI=1S/C16H22N4O3/c1-18-6-8-19(9-7-18)14-4-2-13(3-5-14)17-15(21)12-20-10-11-23-16(20)22/h2-5H,6-12H2,1H3,(H,17,21). The van der Waals surface area contributed by atoms with Crippen molar-refractivity contribution in [2.45, 2.75) is 0 Å². The molecule has 1 aromatic rings. The van der Waals surface area contributed by atoms with E-state index in [0.717, 1.165) is 31.9 Å². The molecule has 2 amide bonds. The Morgan fingerprint density at radius 2 is 1.83 bits per heavy atom. The number of carbonyl (C=O) groups is 2. The van der Waals surface area contributed by atoms with E-state index in [0.29, 0.717) is 13.2 Å². The SMILES string of the molecule is CN1CCN(c2ccc(NC(=O)CN3CCOC3=O)cc2)CC1. The van der Waals surface area contributed by atoms with E-state index < -0.39 is 6.09 Å². The quantitative estimate of drug-likeness (QED) is 0.891. The Morgan fingerprint density at radius 1 is 1.13 bits per heavy atom. The fraction of sp³-hybridized carbons (Fsp3) is 0.500. The van der Waals surface area contributed by atoms with Crippen LogP contribution in [-0.4, -0.2) is 74.7 Å². The maximum atomic E-state index is 12.0. The second-order valence-electron chi connectivity index (χ2n) is 5.92. The number of cyclic esters (lactones) is 1. The molecule has 1 aromatic carbocycles. The van der Waals surface area contributed by atoms with Crippen LogP contribution in [0.1, 0.15) is 0 Å². The molecular formula is C16H22N4O3. The minimum absolute atomic E-state index is 0.0268. The Bertz CT molecular complexity index is 567. The van der Waals surface area contributed by atoms with Crippen LogP contribution < -0.4 is 10.2 Å². The second kappa shape index (κ2) is 6.87. The smallest absolute Gasteiger partial charge is 0.410 e. The molecule has 124 valence electrons. The Balaban J connectivity index is 1.53. The van der Waals surface area contributed by atoms with Crippen LogP contribution in [0.5, 0.6) is 0 Å². The summed E-state index contributed by atoms with van der Waals surface area (Å²) >= 11 is 0. The van der Waals surface area contributed by atoms with E-state index in [-0.39, 0.29) is 12.5 Å². The zero-order chi connectivity index (χ0) is 16.2. The Labute approximate surface area is 135 Å². The van der Waals surface area contributed by atoms with Gasteiger partial charge in [-0.05, 0) is 31.3 Å². The van der Waals surface area contributed by atoms with Crippen molar-refractivity contribution in [3.05, 3.63) is 24.3 Å². The lowest BCUT2D eigenvalue weighted by Gasteiger charge is -2.34. The largest absolute Gasteiger partial charge is 0.448 e. The molecule has 2 fully saturated rings. The first-order valence-electron chi connectivity index (χ1n) is 7.87. The Morgan fingerprint density at radius 3 is 2.43 bits per heavy atom. The fourth-order valence-electron chi connectivity index (χ4n) is 2.76. The second-order valence-corrected chi connectivity index (χ2v) is 5.92. The topological polar surface area (TPSA) is 65.1 Å². The van der Waals surface area contributed by atoms with Gasteiger partial charge in [0.2, 0.25) is 5.91 Å². The van der Waals surface area contributed by atoms with Gasteiger partial charge in [-0.3, -0.25) is 9.69 Å². The van der Waals surface area contributed by atoms with E-state index in [4.69, 9.17) is 4.74 Å². The van der Waals surface area contributed by atoms with Gasteiger partial charge in [0, 0.05) is 37.6 Å². The number of ether oxygens (including phenoxy) is 1. The summed E-state index contributed by atoms with van der Waals surface area (Å²) < 4.78 is 4.81. The number of nitrogens with one attached hydrogen (secondary N) is 1. The number of likely N-dealkylation sites (N-methyl/N-ethyl adjacent to an activating group) is 1. The van der Waals surface area contributed by atoms with Gasteiger partial charge in [0.05, 0.1) is 6.54 Å². The summed E-state index contributed by atoms with van der Waals surface area (Å²) in [6.07, 6.45) is -0.425. The van der Waals surface area contributed by atoms with Crippen LogP contribution >= 0.6 is 0 Å². The molecule has 0 radical (unpaired) electrons. The van der Waals surface area contributed by atoms with Gasteiger partial charge in [0.15, 0.2) is 0 Å². The maximum absolute atomic E-state index is 12.0. The van der Waals surface area contributed by atoms with Crippen LogP contribution in [-0.2, 0) is 9.53 Å². The summed E-state index contributed by atoms with van der Waals surface area (Å²) in [7, 11) is 2.13. The molecular weight excluding hydrogens is 296 g/mol. The van der Waals surface area contributed by atoms with Crippen molar-refractivity contribution in [2.75, 3.05) is 63.1 Å². The number of hydrogen-bond donors (Lipinski definition) is 1. The highest BCUT2D eigenvalue weighted by molar-refractivity contribution is 5.94. The van der Waals surface area contributed by atoms with Crippen LogP contribution in [0.2, 0.25) is 0 Å². The fourth-order valence-corrected chi connectivity index (χ4v) is 2.76. The molecule has 2 aliphatic heterocycles. The first-order valence-corrected chi connectivity index (χ1v) is 7.87. The van der Waals surface area contributed by atoms with E-state index in [2.05, 4.69) is 22.2 Å². The predicted molar refractivity (Wildman–Crippen MR) is 87.7 cm³/mol. The monoisotopic (exact) mass is 318 g/mol. The highest BCUT2D eigenvalue weighted by Crippen LogP contribution is 2.19. The van der Waals surface area contributed by atoms with Crippen molar-refractivity contribution in [3.8, 4) is 0 Å². The van der Waals surface area contributed by atoms with Crippen LogP contribution in [0.25, 0.3) is 0 Å². The van der Waals surface area contributed by atoms with Gasteiger partial charge in [0.1, 0.15) is 13.2 Å². The molecule has 23 heavy (non-hydrogen) atoms. The average Bonchev–Trinajstić information content (AvgIpc) is 2.94. The maximum Gasteiger partial charge on any atom is 0.410 e. The number of rotatable bonds is 4. The van der Waals surface area contributed by atoms with Crippen molar-refractivity contribution in [3.63, 3.8) is 0 Å². The van der Waals surface area contributed by atoms with E-state index >= 15 is 0 Å². The molecule has 7 nitrogen and oxygen atoms in total. The van der Waals surface area contributed by atoms with Gasteiger partial charge in [0.25, 0.3) is 0 Å². The molecule has 0 unspecified atom stereocenters. The van der Waals surface area contributed by atoms with E-state index in [1.807, 2.05) is 24.3 Å². The Kier molecular flexibility index (Phi) is 4.66. The van der Waals surface area contributed by atoms with Crippen molar-refractivity contribution in [1.82, 2.24) is 9.80 Å². The number of amides is 2. The van der Waals surface area contributed by atoms with Gasteiger partial charge >= 0.3 is 6.09 Å². The van der Waals surface area contributed by atoms with E-state index in [1.165, 1.54) is 10.6 Å². The molecule has 0 aromatic heterocycles. The molecule has 2 saturated heterocycles. The molecule has 2 heterocycles.